The molecule has 2 aliphatic rings. The topological polar surface area (TPSA) is 46.6 Å². The molecule has 1 aliphatic carbocycles. The average molecular weight is 351 g/mol. The summed E-state index contributed by atoms with van der Waals surface area (Å²) < 4.78 is 5.53. The Kier molecular flexibility index (Phi) is 5.12. The van der Waals surface area contributed by atoms with Crippen LogP contribution in [0.2, 0.25) is 0 Å². The number of carbonyl (C=O) groups excluding carboxylic acids is 2. The summed E-state index contributed by atoms with van der Waals surface area (Å²) in [6.07, 6.45) is 1.26. The van der Waals surface area contributed by atoms with E-state index in [2.05, 4.69) is 0 Å². The number of ether oxygens (including phenoxy) is 1. The van der Waals surface area contributed by atoms with Crippen LogP contribution in [-0.4, -0.2) is 17.9 Å². The van der Waals surface area contributed by atoms with Gasteiger partial charge in [-0.2, -0.15) is 0 Å². The fourth-order valence-corrected chi connectivity index (χ4v) is 3.75. The molecule has 1 saturated carbocycles. The highest BCUT2D eigenvalue weighted by Gasteiger charge is 2.57. The second-order valence-corrected chi connectivity index (χ2v) is 6.73. The maximum absolute atomic E-state index is 12.8. The SMILES string of the molecule is CC.CC12CCC1N(C(=O)OCc1ccccc1)c1ccccc1C2=O. The second-order valence-electron chi connectivity index (χ2n) is 6.73. The number of ketones is 1. The van der Waals surface area contributed by atoms with Gasteiger partial charge in [-0.3, -0.25) is 9.69 Å². The molecule has 1 fully saturated rings. The van der Waals surface area contributed by atoms with Gasteiger partial charge in [-0.1, -0.05) is 63.2 Å². The highest BCUT2D eigenvalue weighted by atomic mass is 16.6. The fourth-order valence-electron chi connectivity index (χ4n) is 3.75. The first kappa shape index (κ1) is 18.2. The third-order valence-electron chi connectivity index (χ3n) is 5.31. The lowest BCUT2D eigenvalue weighted by molar-refractivity contribution is 0.0516. The molecule has 4 heteroatoms. The van der Waals surface area contributed by atoms with Crippen LogP contribution in [-0.2, 0) is 11.3 Å². The zero-order chi connectivity index (χ0) is 18.7. The lowest BCUT2D eigenvalue weighted by Crippen LogP contribution is -2.62. The Labute approximate surface area is 154 Å². The Bertz CT molecular complexity index is 802. The summed E-state index contributed by atoms with van der Waals surface area (Å²) in [6, 6.07) is 16.8. The molecule has 0 saturated heterocycles. The van der Waals surface area contributed by atoms with Crippen molar-refractivity contribution in [3.63, 3.8) is 0 Å². The first-order chi connectivity index (χ1) is 12.6. The van der Waals surface area contributed by atoms with Crippen LogP contribution in [0, 0.1) is 5.41 Å². The highest BCUT2D eigenvalue weighted by molar-refractivity contribution is 6.12. The van der Waals surface area contributed by atoms with Crippen molar-refractivity contribution in [2.24, 2.45) is 5.41 Å². The Morgan fingerprint density at radius 3 is 2.42 bits per heavy atom. The molecule has 0 N–H and O–H groups in total. The third kappa shape index (κ3) is 2.90. The molecule has 2 atom stereocenters. The third-order valence-corrected chi connectivity index (χ3v) is 5.31. The lowest BCUT2D eigenvalue weighted by atomic mass is 9.59. The first-order valence-corrected chi connectivity index (χ1v) is 9.25. The molecule has 2 unspecified atom stereocenters. The maximum Gasteiger partial charge on any atom is 0.414 e. The van der Waals surface area contributed by atoms with E-state index in [1.54, 1.807) is 11.0 Å². The molecular weight excluding hydrogens is 326 g/mol. The van der Waals surface area contributed by atoms with Gasteiger partial charge in [0.15, 0.2) is 5.78 Å². The summed E-state index contributed by atoms with van der Waals surface area (Å²) in [5, 5.41) is 0. The van der Waals surface area contributed by atoms with Gasteiger partial charge < -0.3 is 4.74 Å². The van der Waals surface area contributed by atoms with E-state index >= 15 is 0 Å². The number of para-hydroxylation sites is 1. The van der Waals surface area contributed by atoms with Crippen molar-refractivity contribution >= 4 is 17.6 Å². The minimum absolute atomic E-state index is 0.108. The molecular formula is C22H25NO3. The number of carbonyl (C=O) groups is 2. The van der Waals surface area contributed by atoms with Crippen LogP contribution in [0.3, 0.4) is 0 Å². The summed E-state index contributed by atoms with van der Waals surface area (Å²) in [6.45, 7) is 6.19. The summed E-state index contributed by atoms with van der Waals surface area (Å²) >= 11 is 0. The normalized spacial score (nSPS) is 23.0. The first-order valence-electron chi connectivity index (χ1n) is 9.25. The number of hydrogen-bond donors (Lipinski definition) is 0. The van der Waals surface area contributed by atoms with Crippen LogP contribution in [0.25, 0.3) is 0 Å². The molecule has 4 nitrogen and oxygen atoms in total. The number of fused-ring (bicyclic) bond motifs is 2. The van der Waals surface area contributed by atoms with Gasteiger partial charge in [-0.25, -0.2) is 4.79 Å². The van der Waals surface area contributed by atoms with Crippen molar-refractivity contribution in [2.45, 2.75) is 46.3 Å². The zero-order valence-corrected chi connectivity index (χ0v) is 15.6. The monoisotopic (exact) mass is 351 g/mol. The molecule has 26 heavy (non-hydrogen) atoms. The van der Waals surface area contributed by atoms with Crippen molar-refractivity contribution in [1.82, 2.24) is 0 Å². The van der Waals surface area contributed by atoms with Crippen LogP contribution in [0.1, 0.15) is 49.5 Å². The molecule has 2 aromatic rings. The number of amides is 1. The Morgan fingerprint density at radius 2 is 1.77 bits per heavy atom. The molecule has 4 rings (SSSR count). The van der Waals surface area contributed by atoms with E-state index in [1.807, 2.05) is 69.3 Å². The molecule has 0 aromatic heterocycles. The van der Waals surface area contributed by atoms with E-state index in [0.717, 1.165) is 18.4 Å². The highest BCUT2D eigenvalue weighted by Crippen LogP contribution is 2.52. The maximum atomic E-state index is 12.8. The Hall–Kier alpha value is -2.62. The molecule has 1 aliphatic heterocycles. The predicted molar refractivity (Wildman–Crippen MR) is 102 cm³/mol. The van der Waals surface area contributed by atoms with Crippen molar-refractivity contribution in [3.8, 4) is 0 Å². The number of anilines is 1. The van der Waals surface area contributed by atoms with Gasteiger partial charge in [-0.15, -0.1) is 0 Å². The van der Waals surface area contributed by atoms with Crippen molar-refractivity contribution in [2.75, 3.05) is 4.90 Å². The van der Waals surface area contributed by atoms with Gasteiger partial charge in [0.25, 0.3) is 0 Å². The molecule has 1 heterocycles. The minimum atomic E-state index is -0.486. The van der Waals surface area contributed by atoms with Crippen molar-refractivity contribution in [1.29, 1.82) is 0 Å². The fraction of sp³-hybridized carbons (Fsp3) is 0.364. The molecule has 0 bridgehead atoms. The summed E-state index contributed by atoms with van der Waals surface area (Å²) in [5.74, 6) is 0.140. The lowest BCUT2D eigenvalue weighted by Gasteiger charge is -2.54. The van der Waals surface area contributed by atoms with E-state index in [4.69, 9.17) is 4.74 Å². The van der Waals surface area contributed by atoms with E-state index in [0.29, 0.717) is 11.3 Å². The van der Waals surface area contributed by atoms with E-state index in [1.165, 1.54) is 0 Å². The van der Waals surface area contributed by atoms with Gasteiger partial charge in [0, 0.05) is 5.56 Å². The van der Waals surface area contributed by atoms with E-state index in [-0.39, 0.29) is 24.5 Å². The quantitative estimate of drug-likeness (QED) is 0.745. The van der Waals surface area contributed by atoms with Crippen LogP contribution in [0.15, 0.2) is 54.6 Å². The Balaban J connectivity index is 0.000000948. The molecule has 2 aromatic carbocycles. The number of Topliss-reactive ketones (excluding diaryl/α,β-unsaturated/α-hetero) is 1. The van der Waals surface area contributed by atoms with E-state index in [9.17, 15) is 9.59 Å². The van der Waals surface area contributed by atoms with Gasteiger partial charge in [0.2, 0.25) is 0 Å². The summed E-state index contributed by atoms with van der Waals surface area (Å²) in [4.78, 5) is 27.2. The molecule has 136 valence electrons. The Morgan fingerprint density at radius 1 is 1.12 bits per heavy atom. The van der Waals surface area contributed by atoms with Crippen molar-refractivity contribution < 1.29 is 14.3 Å². The van der Waals surface area contributed by atoms with Gasteiger partial charge in [0.1, 0.15) is 6.61 Å². The number of hydrogen-bond acceptors (Lipinski definition) is 3. The van der Waals surface area contributed by atoms with Gasteiger partial charge in [-0.05, 0) is 30.5 Å². The number of nitrogens with zero attached hydrogens (tertiary/aromatic N) is 1. The largest absolute Gasteiger partial charge is 0.444 e. The second kappa shape index (κ2) is 7.32. The van der Waals surface area contributed by atoms with Crippen LogP contribution in [0.4, 0.5) is 10.5 Å². The van der Waals surface area contributed by atoms with Crippen LogP contribution in [0.5, 0.6) is 0 Å². The molecule has 1 amide bonds. The van der Waals surface area contributed by atoms with Crippen LogP contribution >= 0.6 is 0 Å². The average Bonchev–Trinajstić information content (AvgIpc) is 2.69. The van der Waals surface area contributed by atoms with E-state index < -0.39 is 5.41 Å². The number of benzene rings is 2. The molecule has 0 radical (unpaired) electrons. The summed E-state index contributed by atoms with van der Waals surface area (Å²) in [5.41, 5.74) is 1.75. The van der Waals surface area contributed by atoms with Crippen LogP contribution < -0.4 is 4.90 Å². The van der Waals surface area contributed by atoms with Gasteiger partial charge >= 0.3 is 6.09 Å². The standard InChI is InChI=1S/C20H19NO3.C2H6/c1-20-12-11-17(20)21(16-10-6-5-9-15(16)18(20)22)19(23)24-13-14-7-3-2-4-8-14;1-2/h2-10,17H,11-13H2,1H3;1-2H3. The number of rotatable bonds is 2. The van der Waals surface area contributed by atoms with Gasteiger partial charge in [0.05, 0.1) is 17.1 Å². The molecule has 0 spiro atoms. The smallest absolute Gasteiger partial charge is 0.414 e. The van der Waals surface area contributed by atoms with Crippen molar-refractivity contribution in [3.05, 3.63) is 65.7 Å². The predicted octanol–water partition coefficient (Wildman–Crippen LogP) is 5.22. The zero-order valence-electron chi connectivity index (χ0n) is 15.6. The summed E-state index contributed by atoms with van der Waals surface area (Å²) in [7, 11) is 0. The minimum Gasteiger partial charge on any atom is -0.444 e.